The molecule has 0 unspecified atom stereocenters. The quantitative estimate of drug-likeness (QED) is 0.791. The molecular formula is C17H17F2N3O3. The van der Waals surface area contributed by atoms with Crippen LogP contribution in [0.3, 0.4) is 0 Å². The first-order valence-corrected chi connectivity index (χ1v) is 7.69. The monoisotopic (exact) mass is 349 g/mol. The van der Waals surface area contributed by atoms with Crippen molar-refractivity contribution in [2.45, 2.75) is 20.0 Å². The third-order valence-electron chi connectivity index (χ3n) is 4.03. The molecule has 0 aliphatic carbocycles. The summed E-state index contributed by atoms with van der Waals surface area (Å²) in [7, 11) is 1.25. The van der Waals surface area contributed by atoms with Gasteiger partial charge >= 0.3 is 5.97 Å². The van der Waals surface area contributed by atoms with Crippen molar-refractivity contribution in [1.29, 1.82) is 0 Å². The second-order valence-electron chi connectivity index (χ2n) is 5.83. The smallest absolute Gasteiger partial charge is 0.343 e. The van der Waals surface area contributed by atoms with E-state index in [0.29, 0.717) is 22.7 Å². The van der Waals surface area contributed by atoms with E-state index in [1.165, 1.54) is 25.3 Å². The number of ether oxygens (including phenoxy) is 2. The molecule has 2 heterocycles. The average Bonchev–Trinajstić information content (AvgIpc) is 2.54. The Morgan fingerprint density at radius 1 is 1.28 bits per heavy atom. The number of halogens is 2. The van der Waals surface area contributed by atoms with Crippen LogP contribution in [0.5, 0.6) is 11.6 Å². The molecule has 1 saturated heterocycles. The number of esters is 1. The van der Waals surface area contributed by atoms with Gasteiger partial charge in [-0.05, 0) is 37.6 Å². The fourth-order valence-electron chi connectivity index (χ4n) is 2.63. The maximum absolute atomic E-state index is 13.2. The van der Waals surface area contributed by atoms with Crippen molar-refractivity contribution in [2.75, 3.05) is 25.1 Å². The number of carbonyl (C=O) groups is 1. The fourth-order valence-corrected chi connectivity index (χ4v) is 2.63. The van der Waals surface area contributed by atoms with Crippen LogP contribution in [-0.4, -0.2) is 42.5 Å². The maximum Gasteiger partial charge on any atom is 0.343 e. The van der Waals surface area contributed by atoms with E-state index in [-0.39, 0.29) is 24.5 Å². The summed E-state index contributed by atoms with van der Waals surface area (Å²) in [4.78, 5) is 13.9. The van der Waals surface area contributed by atoms with Gasteiger partial charge in [0, 0.05) is 5.56 Å². The highest BCUT2D eigenvalue weighted by Gasteiger charge is 2.32. The normalized spacial score (nSPS) is 14.2. The van der Waals surface area contributed by atoms with Crippen LogP contribution in [0.15, 0.2) is 18.2 Å². The van der Waals surface area contributed by atoms with Gasteiger partial charge in [-0.1, -0.05) is 0 Å². The number of nitrogens with zero attached hydrogens (tertiary/aromatic N) is 3. The van der Waals surface area contributed by atoms with Gasteiger partial charge in [-0.15, -0.1) is 10.2 Å². The van der Waals surface area contributed by atoms with Gasteiger partial charge in [-0.25, -0.2) is 13.6 Å². The molecular weight excluding hydrogens is 332 g/mol. The van der Waals surface area contributed by atoms with Gasteiger partial charge in [-0.2, -0.15) is 0 Å². The number of alkyl halides is 1. The van der Waals surface area contributed by atoms with E-state index in [4.69, 9.17) is 9.47 Å². The van der Waals surface area contributed by atoms with Crippen molar-refractivity contribution in [2.24, 2.45) is 0 Å². The molecule has 1 fully saturated rings. The highest BCUT2D eigenvalue weighted by Crippen LogP contribution is 2.33. The number of hydrogen-bond acceptors (Lipinski definition) is 6. The Labute approximate surface area is 143 Å². The molecule has 25 heavy (non-hydrogen) atoms. The molecule has 0 bridgehead atoms. The molecule has 1 aromatic heterocycles. The molecule has 0 atom stereocenters. The van der Waals surface area contributed by atoms with Crippen LogP contribution in [0.25, 0.3) is 0 Å². The van der Waals surface area contributed by atoms with Crippen molar-refractivity contribution < 1.29 is 23.0 Å². The minimum absolute atomic E-state index is 0.0415. The van der Waals surface area contributed by atoms with E-state index >= 15 is 0 Å². The standard InChI is InChI=1S/C17H17F2N3O3/c1-9-6-11(18)4-5-13(9)25-16-14(17(23)24-3)10(2)15(20-21-16)22-7-12(19)8-22/h4-6,12H,7-8H2,1-3H3. The first kappa shape index (κ1) is 17.1. The molecule has 6 nitrogen and oxygen atoms in total. The van der Waals surface area contributed by atoms with E-state index in [9.17, 15) is 13.6 Å². The average molecular weight is 349 g/mol. The minimum Gasteiger partial charge on any atom is -0.465 e. The highest BCUT2D eigenvalue weighted by atomic mass is 19.1. The lowest BCUT2D eigenvalue weighted by molar-refractivity contribution is 0.0596. The van der Waals surface area contributed by atoms with Gasteiger partial charge in [0.25, 0.3) is 5.88 Å². The van der Waals surface area contributed by atoms with E-state index in [1.54, 1.807) is 18.7 Å². The second kappa shape index (κ2) is 6.62. The number of anilines is 1. The number of hydrogen-bond donors (Lipinski definition) is 0. The van der Waals surface area contributed by atoms with Crippen molar-refractivity contribution in [1.82, 2.24) is 10.2 Å². The fraction of sp³-hybridized carbons (Fsp3) is 0.353. The number of aromatic nitrogens is 2. The van der Waals surface area contributed by atoms with Crippen LogP contribution in [0, 0.1) is 19.7 Å². The lowest BCUT2D eigenvalue weighted by atomic mass is 10.1. The Balaban J connectivity index is 2.00. The number of aryl methyl sites for hydroxylation is 1. The van der Waals surface area contributed by atoms with Crippen molar-refractivity contribution in [3.05, 3.63) is 40.7 Å². The Morgan fingerprint density at radius 3 is 2.60 bits per heavy atom. The van der Waals surface area contributed by atoms with Crippen molar-refractivity contribution >= 4 is 11.8 Å². The SMILES string of the molecule is COC(=O)c1c(Oc2ccc(F)cc2C)nnc(N2CC(F)C2)c1C. The van der Waals surface area contributed by atoms with Crippen LogP contribution in [-0.2, 0) is 4.74 Å². The maximum atomic E-state index is 13.2. The van der Waals surface area contributed by atoms with Crippen LogP contribution in [0.1, 0.15) is 21.5 Å². The topological polar surface area (TPSA) is 64.5 Å². The third kappa shape index (κ3) is 3.24. The van der Waals surface area contributed by atoms with E-state index in [0.717, 1.165) is 0 Å². The summed E-state index contributed by atoms with van der Waals surface area (Å²) in [5.74, 6) is -0.312. The lowest BCUT2D eigenvalue weighted by Gasteiger charge is -2.36. The van der Waals surface area contributed by atoms with Gasteiger partial charge in [0.1, 0.15) is 23.3 Å². The molecule has 2 aromatic rings. The Kier molecular flexibility index (Phi) is 4.52. The summed E-state index contributed by atoms with van der Waals surface area (Å²) >= 11 is 0. The van der Waals surface area contributed by atoms with Crippen LogP contribution >= 0.6 is 0 Å². The Morgan fingerprint density at radius 2 is 2.00 bits per heavy atom. The summed E-state index contributed by atoms with van der Waals surface area (Å²) < 4.78 is 36.8. The highest BCUT2D eigenvalue weighted by molar-refractivity contribution is 5.94. The predicted octanol–water partition coefficient (Wildman–Crippen LogP) is 2.97. The Hall–Kier alpha value is -2.77. The molecule has 132 valence electrons. The molecule has 0 N–H and O–H groups in total. The zero-order chi connectivity index (χ0) is 18.1. The van der Waals surface area contributed by atoms with Crippen LogP contribution in [0.2, 0.25) is 0 Å². The predicted molar refractivity (Wildman–Crippen MR) is 86.4 cm³/mol. The molecule has 0 amide bonds. The number of carbonyl (C=O) groups excluding carboxylic acids is 1. The first-order valence-electron chi connectivity index (χ1n) is 7.69. The van der Waals surface area contributed by atoms with Gasteiger partial charge < -0.3 is 14.4 Å². The molecule has 0 saturated carbocycles. The summed E-state index contributed by atoms with van der Waals surface area (Å²) in [6.45, 7) is 3.75. The van der Waals surface area contributed by atoms with Crippen molar-refractivity contribution in [3.63, 3.8) is 0 Å². The van der Waals surface area contributed by atoms with Gasteiger partial charge in [0.2, 0.25) is 0 Å². The van der Waals surface area contributed by atoms with E-state index in [2.05, 4.69) is 10.2 Å². The molecule has 1 aliphatic rings. The zero-order valence-electron chi connectivity index (χ0n) is 14.0. The number of benzene rings is 1. The summed E-state index contributed by atoms with van der Waals surface area (Å²) in [6.07, 6.45) is -0.916. The van der Waals surface area contributed by atoms with Crippen LogP contribution < -0.4 is 9.64 Å². The molecule has 3 rings (SSSR count). The molecule has 0 radical (unpaired) electrons. The first-order chi connectivity index (χ1) is 11.9. The minimum atomic E-state index is -0.916. The summed E-state index contributed by atoms with van der Waals surface area (Å²) in [5.41, 5.74) is 1.14. The van der Waals surface area contributed by atoms with Gasteiger partial charge in [0.15, 0.2) is 5.82 Å². The van der Waals surface area contributed by atoms with Gasteiger partial charge in [0.05, 0.1) is 20.2 Å². The molecule has 1 aliphatic heterocycles. The number of rotatable bonds is 4. The summed E-state index contributed by atoms with van der Waals surface area (Å²) in [6, 6.07) is 4.00. The lowest BCUT2D eigenvalue weighted by Crippen LogP contribution is -2.49. The summed E-state index contributed by atoms with van der Waals surface area (Å²) in [5, 5.41) is 8.02. The third-order valence-corrected chi connectivity index (χ3v) is 4.03. The van der Waals surface area contributed by atoms with Crippen LogP contribution in [0.4, 0.5) is 14.6 Å². The number of methoxy groups -OCH3 is 1. The van der Waals surface area contributed by atoms with E-state index < -0.39 is 18.0 Å². The molecule has 1 aromatic carbocycles. The molecule has 8 heteroatoms. The van der Waals surface area contributed by atoms with Crippen molar-refractivity contribution in [3.8, 4) is 11.6 Å². The Bertz CT molecular complexity index is 823. The second-order valence-corrected chi connectivity index (χ2v) is 5.83. The zero-order valence-corrected chi connectivity index (χ0v) is 14.0. The van der Waals surface area contributed by atoms with Gasteiger partial charge in [-0.3, -0.25) is 0 Å². The van der Waals surface area contributed by atoms with E-state index in [1.807, 2.05) is 0 Å². The molecule has 0 spiro atoms. The largest absolute Gasteiger partial charge is 0.465 e.